The molecule has 0 bridgehead atoms. The van der Waals surface area contributed by atoms with Gasteiger partial charge in [-0.05, 0) is 55.5 Å². The number of ether oxygens (including phenoxy) is 1. The van der Waals surface area contributed by atoms with Crippen molar-refractivity contribution in [3.8, 4) is 27.9 Å². The minimum absolute atomic E-state index is 0.176. The summed E-state index contributed by atoms with van der Waals surface area (Å²) in [5, 5.41) is 7.58. The Hall–Kier alpha value is -3.30. The van der Waals surface area contributed by atoms with Crippen molar-refractivity contribution in [2.45, 2.75) is 6.92 Å². The molecule has 2 aromatic heterocycles. The molecule has 0 spiro atoms. The Morgan fingerprint density at radius 3 is 2.63 bits per heavy atom. The van der Waals surface area contributed by atoms with Crippen molar-refractivity contribution in [3.05, 3.63) is 65.1 Å². The van der Waals surface area contributed by atoms with Crippen molar-refractivity contribution in [1.82, 2.24) is 15.1 Å². The van der Waals surface area contributed by atoms with Crippen molar-refractivity contribution in [1.29, 1.82) is 0 Å². The van der Waals surface area contributed by atoms with E-state index in [1.807, 2.05) is 0 Å². The molecule has 0 saturated carbocycles. The molecular weight excluding hydrogens is 431 g/mol. The molecule has 1 amide bonds. The van der Waals surface area contributed by atoms with Crippen LogP contribution in [0.2, 0.25) is 5.02 Å². The highest BCUT2D eigenvalue weighted by Gasteiger charge is 2.18. The molecule has 0 aliphatic heterocycles. The molecule has 152 valence electrons. The second kappa shape index (κ2) is 8.60. The highest BCUT2D eigenvalue weighted by Crippen LogP contribution is 2.32. The van der Waals surface area contributed by atoms with Crippen LogP contribution in [0.15, 0.2) is 53.1 Å². The maximum absolute atomic E-state index is 13.1. The summed E-state index contributed by atoms with van der Waals surface area (Å²) in [4.78, 5) is 21.4. The van der Waals surface area contributed by atoms with Crippen LogP contribution in [0, 0.1) is 12.7 Å². The summed E-state index contributed by atoms with van der Waals surface area (Å²) in [6.07, 6.45) is 0. The van der Waals surface area contributed by atoms with Crippen LogP contribution in [0.25, 0.3) is 22.2 Å². The molecule has 10 heteroatoms. The smallest absolute Gasteiger partial charge is 0.270 e. The third-order valence-corrected chi connectivity index (χ3v) is 5.26. The van der Waals surface area contributed by atoms with Crippen molar-refractivity contribution in [3.63, 3.8) is 0 Å². The number of benzene rings is 2. The number of amides is 1. The Morgan fingerprint density at radius 1 is 1.17 bits per heavy atom. The molecular formula is C20H14ClFN4O3S. The Kier molecular flexibility index (Phi) is 5.73. The van der Waals surface area contributed by atoms with E-state index in [1.165, 1.54) is 23.5 Å². The van der Waals surface area contributed by atoms with Crippen molar-refractivity contribution < 1.29 is 18.4 Å². The second-order valence-electron chi connectivity index (χ2n) is 6.15. The highest BCUT2D eigenvalue weighted by molar-refractivity contribution is 7.19. The molecule has 0 aliphatic carbocycles. The third kappa shape index (κ3) is 4.64. The Morgan fingerprint density at radius 2 is 1.90 bits per heavy atom. The minimum Gasteiger partial charge on any atom is -0.484 e. The minimum atomic E-state index is -0.359. The van der Waals surface area contributed by atoms with Gasteiger partial charge in [0.05, 0.1) is 5.69 Å². The van der Waals surface area contributed by atoms with E-state index in [0.717, 1.165) is 0 Å². The van der Waals surface area contributed by atoms with Crippen molar-refractivity contribution in [2.24, 2.45) is 0 Å². The number of nitrogens with zero attached hydrogens (tertiary/aromatic N) is 3. The first-order valence-electron chi connectivity index (χ1n) is 8.73. The van der Waals surface area contributed by atoms with Crippen LogP contribution < -0.4 is 10.1 Å². The average Bonchev–Trinajstić information content (AvgIpc) is 3.35. The molecule has 4 rings (SSSR count). The molecule has 1 N–H and O–H groups in total. The molecule has 0 unspecified atom stereocenters. The van der Waals surface area contributed by atoms with E-state index in [2.05, 4.69) is 20.4 Å². The number of halogens is 2. The first-order valence-corrected chi connectivity index (χ1v) is 9.93. The molecule has 30 heavy (non-hydrogen) atoms. The first kappa shape index (κ1) is 20.0. The lowest BCUT2D eigenvalue weighted by Crippen LogP contribution is -2.20. The number of hydrogen-bond donors (Lipinski definition) is 1. The number of rotatable bonds is 6. The second-order valence-corrected chi connectivity index (χ2v) is 7.59. The van der Waals surface area contributed by atoms with Crippen LogP contribution in [0.3, 0.4) is 0 Å². The van der Waals surface area contributed by atoms with Crippen molar-refractivity contribution in [2.75, 3.05) is 11.9 Å². The maximum atomic E-state index is 13.1. The highest BCUT2D eigenvalue weighted by atomic mass is 35.5. The average molecular weight is 445 g/mol. The van der Waals surface area contributed by atoms with E-state index < -0.39 is 0 Å². The molecule has 0 radical (unpaired) electrons. The lowest BCUT2D eigenvalue weighted by atomic mass is 10.2. The molecule has 0 fully saturated rings. The van der Waals surface area contributed by atoms with Gasteiger partial charge in [0.25, 0.3) is 11.8 Å². The normalized spacial score (nSPS) is 10.8. The number of anilines is 1. The number of carbonyl (C=O) groups is 1. The number of carbonyl (C=O) groups excluding carboxylic acids is 1. The molecule has 0 aliphatic rings. The fourth-order valence-corrected chi connectivity index (χ4v) is 3.55. The van der Waals surface area contributed by atoms with Gasteiger partial charge in [-0.2, -0.15) is 4.98 Å². The lowest BCUT2D eigenvalue weighted by molar-refractivity contribution is -0.118. The summed E-state index contributed by atoms with van der Waals surface area (Å²) in [5.41, 5.74) is 1.25. The van der Waals surface area contributed by atoms with E-state index in [1.54, 1.807) is 43.3 Å². The van der Waals surface area contributed by atoms with Crippen LogP contribution in [0.4, 0.5) is 9.52 Å². The number of aryl methyl sites for hydroxylation is 1. The van der Waals surface area contributed by atoms with E-state index in [4.69, 9.17) is 20.9 Å². The number of thiazole rings is 1. The van der Waals surface area contributed by atoms with Gasteiger partial charge in [0.1, 0.15) is 16.4 Å². The molecule has 2 heterocycles. The summed E-state index contributed by atoms with van der Waals surface area (Å²) in [6, 6.07) is 12.5. The van der Waals surface area contributed by atoms with Gasteiger partial charge in [0.15, 0.2) is 11.7 Å². The fraction of sp³-hybridized carbons (Fsp3) is 0.100. The van der Waals surface area contributed by atoms with Gasteiger partial charge in [0, 0.05) is 10.6 Å². The number of aromatic nitrogens is 3. The van der Waals surface area contributed by atoms with Gasteiger partial charge < -0.3 is 9.26 Å². The van der Waals surface area contributed by atoms with Crippen LogP contribution in [-0.2, 0) is 4.79 Å². The van der Waals surface area contributed by atoms with Gasteiger partial charge in [0.2, 0.25) is 5.82 Å². The Bertz CT molecular complexity index is 1180. The molecule has 0 atom stereocenters. The van der Waals surface area contributed by atoms with Crippen LogP contribution >= 0.6 is 22.9 Å². The third-order valence-electron chi connectivity index (χ3n) is 3.95. The van der Waals surface area contributed by atoms with E-state index in [-0.39, 0.29) is 24.2 Å². The SMILES string of the molecule is Cc1nc(NC(=O)COc2ccc(Cl)cc2)sc1-c1nc(-c2ccc(F)cc2)no1. The quantitative estimate of drug-likeness (QED) is 0.451. The van der Waals surface area contributed by atoms with Crippen molar-refractivity contribution >= 4 is 34.0 Å². The fourth-order valence-electron chi connectivity index (χ4n) is 2.52. The molecule has 2 aromatic carbocycles. The van der Waals surface area contributed by atoms with E-state index in [0.29, 0.717) is 37.9 Å². The topological polar surface area (TPSA) is 90.1 Å². The van der Waals surface area contributed by atoms with Gasteiger partial charge >= 0.3 is 0 Å². The zero-order valence-electron chi connectivity index (χ0n) is 15.6. The van der Waals surface area contributed by atoms with E-state index >= 15 is 0 Å². The zero-order valence-corrected chi connectivity index (χ0v) is 17.1. The van der Waals surface area contributed by atoms with Crippen LogP contribution in [0.1, 0.15) is 5.69 Å². The van der Waals surface area contributed by atoms with Gasteiger partial charge in [-0.1, -0.05) is 28.1 Å². The monoisotopic (exact) mass is 444 g/mol. The van der Waals surface area contributed by atoms with E-state index in [9.17, 15) is 9.18 Å². The largest absolute Gasteiger partial charge is 0.484 e. The standard InChI is InChI=1S/C20H14ClFN4O3S/c1-11-17(19-25-18(26-29-19)12-2-6-14(22)7-3-12)30-20(23-11)24-16(27)10-28-15-8-4-13(21)5-9-15/h2-9H,10H2,1H3,(H,23,24,27). The van der Waals surface area contributed by atoms with Gasteiger partial charge in [-0.3, -0.25) is 10.1 Å². The van der Waals surface area contributed by atoms with Crippen LogP contribution in [0.5, 0.6) is 5.75 Å². The predicted molar refractivity (Wildman–Crippen MR) is 111 cm³/mol. The summed E-state index contributed by atoms with van der Waals surface area (Å²) in [7, 11) is 0. The lowest BCUT2D eigenvalue weighted by Gasteiger charge is -2.05. The summed E-state index contributed by atoms with van der Waals surface area (Å²) < 4.78 is 23.8. The molecule has 0 saturated heterocycles. The number of nitrogens with one attached hydrogen (secondary N) is 1. The van der Waals surface area contributed by atoms with Gasteiger partial charge in [-0.15, -0.1) is 0 Å². The zero-order chi connectivity index (χ0) is 21.1. The Balaban J connectivity index is 1.42. The van der Waals surface area contributed by atoms with Gasteiger partial charge in [-0.25, -0.2) is 9.37 Å². The summed E-state index contributed by atoms with van der Waals surface area (Å²) in [5.74, 6) is 0.427. The summed E-state index contributed by atoms with van der Waals surface area (Å²) in [6.45, 7) is 1.60. The molecule has 4 aromatic rings. The predicted octanol–water partition coefficient (Wildman–Crippen LogP) is 4.98. The Labute approximate surface area is 179 Å². The first-order chi connectivity index (χ1) is 14.5. The maximum Gasteiger partial charge on any atom is 0.270 e. The number of hydrogen-bond acceptors (Lipinski definition) is 7. The summed E-state index contributed by atoms with van der Waals surface area (Å²) >= 11 is 7.02. The molecule has 7 nitrogen and oxygen atoms in total. The van der Waals surface area contributed by atoms with Crippen LogP contribution in [-0.4, -0.2) is 27.6 Å².